The maximum absolute atomic E-state index is 12.5. The summed E-state index contributed by atoms with van der Waals surface area (Å²) in [5, 5.41) is 2.99. The standard InChI is InChI=1S/C15H23ClN2O4S/c1-6-22-12-8-7-11(16)9-13(12)23(20,21)18-10(2)14(19)17-15(3,4)5/h7-10,18H,6H2,1-5H3,(H,17,19). The van der Waals surface area contributed by atoms with Crippen LogP contribution < -0.4 is 14.8 Å². The van der Waals surface area contributed by atoms with Gasteiger partial charge in [0.15, 0.2) is 0 Å². The highest BCUT2D eigenvalue weighted by atomic mass is 35.5. The van der Waals surface area contributed by atoms with Crippen molar-refractivity contribution in [2.75, 3.05) is 6.61 Å². The van der Waals surface area contributed by atoms with Crippen LogP contribution in [0.3, 0.4) is 0 Å². The number of nitrogens with one attached hydrogen (secondary N) is 2. The molecular weight excluding hydrogens is 340 g/mol. The number of carbonyl (C=O) groups is 1. The van der Waals surface area contributed by atoms with Crippen LogP contribution in [0.25, 0.3) is 0 Å². The van der Waals surface area contributed by atoms with Gasteiger partial charge in [0.2, 0.25) is 15.9 Å². The maximum Gasteiger partial charge on any atom is 0.245 e. The molecule has 1 amide bonds. The molecule has 0 heterocycles. The van der Waals surface area contributed by atoms with Crippen LogP contribution in [0.4, 0.5) is 0 Å². The zero-order valence-electron chi connectivity index (χ0n) is 13.9. The highest BCUT2D eigenvalue weighted by Gasteiger charge is 2.27. The van der Waals surface area contributed by atoms with Crippen molar-refractivity contribution in [3.8, 4) is 5.75 Å². The van der Waals surface area contributed by atoms with Gasteiger partial charge in [0.05, 0.1) is 12.6 Å². The van der Waals surface area contributed by atoms with Crippen molar-refractivity contribution >= 4 is 27.5 Å². The second-order valence-corrected chi connectivity index (χ2v) is 8.23. The summed E-state index contributed by atoms with van der Waals surface area (Å²) in [5.41, 5.74) is -0.455. The number of sulfonamides is 1. The van der Waals surface area contributed by atoms with E-state index in [1.165, 1.54) is 19.1 Å². The molecule has 0 radical (unpaired) electrons. The van der Waals surface area contributed by atoms with Crippen LogP contribution in [0.5, 0.6) is 5.75 Å². The lowest BCUT2D eigenvalue weighted by Crippen LogP contribution is -2.50. The highest BCUT2D eigenvalue weighted by Crippen LogP contribution is 2.27. The lowest BCUT2D eigenvalue weighted by molar-refractivity contribution is -0.123. The van der Waals surface area contributed by atoms with Gasteiger partial charge in [-0.05, 0) is 52.8 Å². The van der Waals surface area contributed by atoms with E-state index in [9.17, 15) is 13.2 Å². The van der Waals surface area contributed by atoms with Crippen LogP contribution in [0.2, 0.25) is 5.02 Å². The minimum absolute atomic E-state index is 0.0951. The molecule has 6 nitrogen and oxygen atoms in total. The summed E-state index contributed by atoms with van der Waals surface area (Å²) in [5.74, 6) is -0.228. The molecule has 1 rings (SSSR count). The highest BCUT2D eigenvalue weighted by molar-refractivity contribution is 7.89. The Morgan fingerprint density at radius 3 is 2.48 bits per heavy atom. The average molecular weight is 363 g/mol. The molecule has 0 saturated carbocycles. The second kappa shape index (κ2) is 7.51. The molecule has 23 heavy (non-hydrogen) atoms. The molecule has 0 bridgehead atoms. The summed E-state index contributed by atoms with van der Waals surface area (Å²) < 4.78 is 32.7. The van der Waals surface area contributed by atoms with Crippen LogP contribution in [-0.4, -0.2) is 32.5 Å². The Kier molecular flexibility index (Phi) is 6.44. The van der Waals surface area contributed by atoms with Gasteiger partial charge in [0, 0.05) is 10.6 Å². The monoisotopic (exact) mass is 362 g/mol. The molecule has 2 N–H and O–H groups in total. The topological polar surface area (TPSA) is 84.5 Å². The third-order valence-corrected chi connectivity index (χ3v) is 4.52. The Morgan fingerprint density at radius 2 is 1.96 bits per heavy atom. The molecule has 1 aromatic rings. The van der Waals surface area contributed by atoms with Crippen molar-refractivity contribution in [2.45, 2.75) is 51.1 Å². The number of hydrogen-bond donors (Lipinski definition) is 2. The van der Waals surface area contributed by atoms with Crippen LogP contribution in [-0.2, 0) is 14.8 Å². The number of hydrogen-bond acceptors (Lipinski definition) is 4. The number of rotatable bonds is 6. The molecule has 0 spiro atoms. The molecule has 0 aliphatic heterocycles. The van der Waals surface area contributed by atoms with E-state index in [0.717, 1.165) is 0 Å². The van der Waals surface area contributed by atoms with Gasteiger partial charge in [-0.25, -0.2) is 8.42 Å². The van der Waals surface area contributed by atoms with E-state index in [2.05, 4.69) is 10.0 Å². The zero-order chi connectivity index (χ0) is 17.8. The van der Waals surface area contributed by atoms with Crippen LogP contribution >= 0.6 is 11.6 Å². The quantitative estimate of drug-likeness (QED) is 0.813. The molecule has 0 aromatic heterocycles. The lowest BCUT2D eigenvalue weighted by atomic mass is 10.1. The molecule has 1 atom stereocenters. The third-order valence-electron chi connectivity index (χ3n) is 2.72. The van der Waals surface area contributed by atoms with Gasteiger partial charge in [0.1, 0.15) is 10.6 Å². The summed E-state index contributed by atoms with van der Waals surface area (Å²) in [4.78, 5) is 12.0. The van der Waals surface area contributed by atoms with Crippen LogP contribution in [0, 0.1) is 0 Å². The first-order valence-corrected chi connectivity index (χ1v) is 9.09. The van der Waals surface area contributed by atoms with E-state index in [0.29, 0.717) is 6.61 Å². The number of ether oxygens (including phenoxy) is 1. The fourth-order valence-electron chi connectivity index (χ4n) is 1.79. The molecule has 0 fully saturated rings. The predicted molar refractivity (Wildman–Crippen MR) is 90.3 cm³/mol. The van der Waals surface area contributed by atoms with E-state index in [-0.39, 0.29) is 15.7 Å². The third kappa shape index (κ3) is 6.01. The van der Waals surface area contributed by atoms with Gasteiger partial charge in [-0.1, -0.05) is 11.6 Å². The Labute approximate surface area is 142 Å². The van der Waals surface area contributed by atoms with E-state index in [1.807, 2.05) is 20.8 Å². The maximum atomic E-state index is 12.5. The Bertz CT molecular complexity index is 669. The lowest BCUT2D eigenvalue weighted by Gasteiger charge is -2.23. The normalized spacial score (nSPS) is 13.5. The molecule has 0 aliphatic carbocycles. The fourth-order valence-corrected chi connectivity index (χ4v) is 3.40. The van der Waals surface area contributed by atoms with E-state index in [1.54, 1.807) is 13.0 Å². The number of benzene rings is 1. The molecule has 130 valence electrons. The molecule has 0 saturated heterocycles. The van der Waals surface area contributed by atoms with Crippen molar-refractivity contribution in [3.05, 3.63) is 23.2 Å². The Hall–Kier alpha value is -1.31. The van der Waals surface area contributed by atoms with Crippen LogP contribution in [0.15, 0.2) is 23.1 Å². The van der Waals surface area contributed by atoms with Gasteiger partial charge < -0.3 is 10.1 Å². The summed E-state index contributed by atoms with van der Waals surface area (Å²) in [7, 11) is -3.96. The number of halogens is 1. The van der Waals surface area contributed by atoms with Gasteiger partial charge in [0.25, 0.3) is 0 Å². The minimum atomic E-state index is -3.96. The van der Waals surface area contributed by atoms with Crippen molar-refractivity contribution in [1.82, 2.24) is 10.0 Å². The Morgan fingerprint density at radius 1 is 1.35 bits per heavy atom. The fraction of sp³-hybridized carbons (Fsp3) is 0.533. The van der Waals surface area contributed by atoms with E-state index >= 15 is 0 Å². The summed E-state index contributed by atoms with van der Waals surface area (Å²) in [6, 6.07) is 3.39. The van der Waals surface area contributed by atoms with Crippen molar-refractivity contribution in [1.29, 1.82) is 0 Å². The smallest absolute Gasteiger partial charge is 0.245 e. The minimum Gasteiger partial charge on any atom is -0.492 e. The summed E-state index contributed by atoms with van der Waals surface area (Å²) in [6.45, 7) is 8.98. The van der Waals surface area contributed by atoms with Gasteiger partial charge >= 0.3 is 0 Å². The van der Waals surface area contributed by atoms with Gasteiger partial charge in [-0.3, -0.25) is 4.79 Å². The number of amides is 1. The molecule has 1 aromatic carbocycles. The van der Waals surface area contributed by atoms with Crippen LogP contribution in [0.1, 0.15) is 34.6 Å². The summed E-state index contributed by atoms with van der Waals surface area (Å²) in [6.07, 6.45) is 0. The first kappa shape index (κ1) is 19.7. The number of carbonyl (C=O) groups excluding carboxylic acids is 1. The average Bonchev–Trinajstić information content (AvgIpc) is 2.38. The Balaban J connectivity index is 3.04. The van der Waals surface area contributed by atoms with Gasteiger partial charge in [-0.2, -0.15) is 4.72 Å². The van der Waals surface area contributed by atoms with E-state index in [4.69, 9.17) is 16.3 Å². The molecule has 8 heteroatoms. The summed E-state index contributed by atoms with van der Waals surface area (Å²) >= 11 is 5.88. The first-order chi connectivity index (χ1) is 10.5. The van der Waals surface area contributed by atoms with Gasteiger partial charge in [-0.15, -0.1) is 0 Å². The molecule has 1 unspecified atom stereocenters. The van der Waals surface area contributed by atoms with Crippen molar-refractivity contribution in [3.63, 3.8) is 0 Å². The largest absolute Gasteiger partial charge is 0.492 e. The first-order valence-electron chi connectivity index (χ1n) is 7.23. The zero-order valence-corrected chi connectivity index (χ0v) is 15.5. The predicted octanol–water partition coefficient (Wildman–Crippen LogP) is 2.32. The molecule has 0 aliphatic rings. The second-order valence-electron chi connectivity index (χ2n) is 6.11. The van der Waals surface area contributed by atoms with Crippen molar-refractivity contribution in [2.24, 2.45) is 0 Å². The van der Waals surface area contributed by atoms with Crippen molar-refractivity contribution < 1.29 is 17.9 Å². The molecular formula is C15H23ClN2O4S. The SMILES string of the molecule is CCOc1ccc(Cl)cc1S(=O)(=O)NC(C)C(=O)NC(C)(C)C. The van der Waals surface area contributed by atoms with E-state index < -0.39 is 27.5 Å².